The number of ether oxygens (including phenoxy) is 1. The van der Waals surface area contributed by atoms with E-state index in [0.29, 0.717) is 0 Å². The van der Waals surface area contributed by atoms with Gasteiger partial charge in [0.25, 0.3) is 0 Å². The zero-order chi connectivity index (χ0) is 16.5. The summed E-state index contributed by atoms with van der Waals surface area (Å²) in [7, 11) is 1.67. The van der Waals surface area contributed by atoms with Gasteiger partial charge >= 0.3 is 0 Å². The quantitative estimate of drug-likeness (QED) is 0.474. The van der Waals surface area contributed by atoms with Crippen molar-refractivity contribution in [1.29, 1.82) is 0 Å². The van der Waals surface area contributed by atoms with Crippen molar-refractivity contribution in [1.82, 2.24) is 9.97 Å². The second-order valence-electron chi connectivity index (χ2n) is 4.46. The van der Waals surface area contributed by atoms with Crippen LogP contribution in [-0.4, -0.2) is 17.1 Å². The second kappa shape index (κ2) is 9.80. The number of alkyl halides is 2. The Bertz CT molecular complexity index is 700. The van der Waals surface area contributed by atoms with Gasteiger partial charge in [-0.25, -0.2) is 4.98 Å². The Kier molecular flexibility index (Phi) is 7.71. The third-order valence-corrected chi connectivity index (χ3v) is 5.28. The average molecular weight is 456 g/mol. The molecule has 0 fully saturated rings. The Hall–Kier alpha value is -1.24. The van der Waals surface area contributed by atoms with Crippen molar-refractivity contribution < 1.29 is 4.74 Å². The molecule has 0 aliphatic rings. The number of hydrogen-bond acceptors (Lipinski definition) is 4. The summed E-state index contributed by atoms with van der Waals surface area (Å²) in [5, 5.41) is 4.80. The Balaban J connectivity index is 0.000000174. The zero-order valence-corrected chi connectivity index (χ0v) is 16.6. The molecule has 120 valence electrons. The maximum atomic E-state index is 5.04. The number of aromatic nitrogens is 2. The summed E-state index contributed by atoms with van der Waals surface area (Å²) in [6.07, 6.45) is 1.78. The van der Waals surface area contributed by atoms with Gasteiger partial charge in [0.15, 0.2) is 0 Å². The minimum absolute atomic E-state index is 0.810. The highest BCUT2D eigenvalue weighted by atomic mass is 79.9. The van der Waals surface area contributed by atoms with Gasteiger partial charge in [0.05, 0.1) is 23.8 Å². The van der Waals surface area contributed by atoms with Gasteiger partial charge in [0, 0.05) is 16.9 Å². The van der Waals surface area contributed by atoms with Crippen LogP contribution in [0.15, 0.2) is 54.0 Å². The first kappa shape index (κ1) is 18.1. The molecule has 0 bridgehead atoms. The molecule has 0 aliphatic carbocycles. The maximum Gasteiger partial charge on any atom is 0.119 e. The highest BCUT2D eigenvalue weighted by Gasteiger charge is 2.03. The average Bonchev–Trinajstić information content (AvgIpc) is 3.12. The fraction of sp³-hybridized carbons (Fsp3) is 0.176. The summed E-state index contributed by atoms with van der Waals surface area (Å²) < 4.78 is 5.04. The standard InChI is InChI=1S/C9H7BrN2S.C8H9BrO/c10-5-9-12-8(6-13-9)7-3-1-2-4-11-7;1-10-8-4-2-3-7(5-8)6-9/h1-4,6H,5H2;2-5H,6H2,1H3. The van der Waals surface area contributed by atoms with Crippen molar-refractivity contribution in [2.75, 3.05) is 7.11 Å². The first-order valence-corrected chi connectivity index (χ1v) is 9.99. The zero-order valence-electron chi connectivity index (χ0n) is 12.6. The Labute approximate surface area is 157 Å². The number of methoxy groups -OCH3 is 1. The van der Waals surface area contributed by atoms with Crippen LogP contribution in [0.5, 0.6) is 5.75 Å². The Morgan fingerprint density at radius 1 is 1.04 bits per heavy atom. The topological polar surface area (TPSA) is 35.0 Å². The molecule has 23 heavy (non-hydrogen) atoms. The lowest BCUT2D eigenvalue weighted by Gasteiger charge is -1.99. The van der Waals surface area contributed by atoms with Gasteiger partial charge in [-0.3, -0.25) is 4.98 Å². The lowest BCUT2D eigenvalue weighted by atomic mass is 10.2. The highest BCUT2D eigenvalue weighted by molar-refractivity contribution is 9.08. The van der Waals surface area contributed by atoms with Crippen molar-refractivity contribution in [2.45, 2.75) is 10.7 Å². The first-order valence-electron chi connectivity index (χ1n) is 6.87. The van der Waals surface area contributed by atoms with Gasteiger partial charge in [-0.15, -0.1) is 11.3 Å². The predicted octanol–water partition coefficient (Wildman–Crippen LogP) is 5.69. The van der Waals surface area contributed by atoms with E-state index in [1.807, 2.05) is 41.8 Å². The Morgan fingerprint density at radius 3 is 2.52 bits per heavy atom. The van der Waals surface area contributed by atoms with Crippen LogP contribution in [0.2, 0.25) is 0 Å². The number of hydrogen-bond donors (Lipinski definition) is 0. The lowest BCUT2D eigenvalue weighted by Crippen LogP contribution is -1.83. The van der Waals surface area contributed by atoms with E-state index in [4.69, 9.17) is 4.74 Å². The van der Waals surface area contributed by atoms with Gasteiger partial charge in [0.2, 0.25) is 0 Å². The van der Waals surface area contributed by atoms with Crippen LogP contribution in [0.1, 0.15) is 10.6 Å². The fourth-order valence-corrected chi connectivity index (χ4v) is 3.27. The summed E-state index contributed by atoms with van der Waals surface area (Å²) in [4.78, 5) is 8.63. The van der Waals surface area contributed by atoms with Gasteiger partial charge in [-0.1, -0.05) is 50.1 Å². The van der Waals surface area contributed by atoms with Crippen molar-refractivity contribution in [3.63, 3.8) is 0 Å². The molecular formula is C17H16Br2N2OS. The van der Waals surface area contributed by atoms with E-state index >= 15 is 0 Å². The van der Waals surface area contributed by atoms with Gasteiger partial charge in [0.1, 0.15) is 10.8 Å². The molecule has 3 rings (SSSR count). The summed E-state index contributed by atoms with van der Waals surface area (Å²) in [6.45, 7) is 0. The van der Waals surface area contributed by atoms with Crippen LogP contribution < -0.4 is 4.74 Å². The van der Waals surface area contributed by atoms with E-state index in [-0.39, 0.29) is 0 Å². The maximum absolute atomic E-state index is 5.04. The Morgan fingerprint density at radius 2 is 1.91 bits per heavy atom. The minimum Gasteiger partial charge on any atom is -0.497 e. The van der Waals surface area contributed by atoms with Crippen LogP contribution in [0.25, 0.3) is 11.4 Å². The summed E-state index contributed by atoms with van der Waals surface area (Å²) in [5.41, 5.74) is 3.13. The largest absolute Gasteiger partial charge is 0.497 e. The van der Waals surface area contributed by atoms with Gasteiger partial charge in [-0.2, -0.15) is 0 Å². The molecule has 0 spiro atoms. The van der Waals surface area contributed by atoms with E-state index in [0.717, 1.165) is 32.8 Å². The van der Waals surface area contributed by atoms with Crippen LogP contribution >= 0.6 is 43.2 Å². The van der Waals surface area contributed by atoms with Crippen LogP contribution in [-0.2, 0) is 10.7 Å². The molecule has 6 heteroatoms. The van der Waals surface area contributed by atoms with E-state index in [1.54, 1.807) is 24.6 Å². The molecule has 3 nitrogen and oxygen atoms in total. The van der Waals surface area contributed by atoms with Crippen LogP contribution in [0.4, 0.5) is 0 Å². The molecule has 0 aliphatic heterocycles. The summed E-state index contributed by atoms with van der Waals surface area (Å²) >= 11 is 8.38. The highest BCUT2D eigenvalue weighted by Crippen LogP contribution is 2.20. The number of rotatable bonds is 4. The third kappa shape index (κ3) is 5.71. The number of halogens is 2. The van der Waals surface area contributed by atoms with E-state index in [9.17, 15) is 0 Å². The van der Waals surface area contributed by atoms with Crippen molar-refractivity contribution >= 4 is 43.2 Å². The van der Waals surface area contributed by atoms with Crippen molar-refractivity contribution in [3.8, 4) is 17.1 Å². The van der Waals surface area contributed by atoms with Crippen LogP contribution in [0, 0.1) is 0 Å². The third-order valence-electron chi connectivity index (χ3n) is 2.88. The lowest BCUT2D eigenvalue weighted by molar-refractivity contribution is 0.414. The number of thiazole rings is 1. The molecule has 3 aromatic rings. The molecule has 0 radical (unpaired) electrons. The first-order chi connectivity index (χ1) is 11.3. The second-order valence-corrected chi connectivity index (χ2v) is 6.52. The molecule has 2 aromatic heterocycles. The summed E-state index contributed by atoms with van der Waals surface area (Å²) in [6, 6.07) is 13.8. The van der Waals surface area contributed by atoms with E-state index in [2.05, 4.69) is 47.9 Å². The monoisotopic (exact) mass is 454 g/mol. The normalized spacial score (nSPS) is 9.87. The molecular weight excluding hydrogens is 440 g/mol. The fourth-order valence-electron chi connectivity index (χ4n) is 1.76. The molecule has 2 heterocycles. The molecule has 0 amide bonds. The van der Waals surface area contributed by atoms with Gasteiger partial charge in [-0.05, 0) is 29.8 Å². The number of benzene rings is 1. The SMILES string of the molecule is BrCc1nc(-c2ccccn2)cs1.COc1cccc(CBr)c1. The number of pyridine rings is 1. The number of nitrogens with zero attached hydrogens (tertiary/aromatic N) is 2. The van der Waals surface area contributed by atoms with E-state index in [1.165, 1.54) is 5.56 Å². The van der Waals surface area contributed by atoms with Crippen LogP contribution in [0.3, 0.4) is 0 Å². The predicted molar refractivity (Wildman–Crippen MR) is 104 cm³/mol. The van der Waals surface area contributed by atoms with Gasteiger partial charge < -0.3 is 4.74 Å². The van der Waals surface area contributed by atoms with E-state index < -0.39 is 0 Å². The molecule has 0 unspecified atom stereocenters. The minimum atomic E-state index is 0.810. The molecule has 0 saturated heterocycles. The van der Waals surface area contributed by atoms with Crippen molar-refractivity contribution in [3.05, 3.63) is 64.6 Å². The molecule has 0 N–H and O–H groups in total. The molecule has 1 aromatic carbocycles. The smallest absolute Gasteiger partial charge is 0.119 e. The van der Waals surface area contributed by atoms with Crippen molar-refractivity contribution in [2.24, 2.45) is 0 Å². The summed E-state index contributed by atoms with van der Waals surface area (Å²) in [5.74, 6) is 0.914. The molecule has 0 saturated carbocycles. The molecule has 0 atom stereocenters.